The molecule has 0 bridgehead atoms. The molecule has 1 aromatic heterocycles. The van der Waals surface area contributed by atoms with Crippen molar-refractivity contribution in [2.45, 2.75) is 0 Å². The summed E-state index contributed by atoms with van der Waals surface area (Å²) in [4.78, 5) is 41.1. The quantitative estimate of drug-likeness (QED) is 0.647. The molecule has 1 heterocycles. The van der Waals surface area contributed by atoms with Gasteiger partial charge in [0.25, 0.3) is 0 Å². The molecule has 27 heavy (non-hydrogen) atoms. The lowest BCUT2D eigenvalue weighted by Crippen LogP contribution is -2.36. The maximum atomic E-state index is 12.1. The van der Waals surface area contributed by atoms with Crippen molar-refractivity contribution < 1.29 is 19.1 Å². The van der Waals surface area contributed by atoms with Gasteiger partial charge in [0.2, 0.25) is 11.8 Å². The summed E-state index contributed by atoms with van der Waals surface area (Å²) in [6, 6.07) is 9.78. The van der Waals surface area contributed by atoms with Crippen LogP contribution in [0.15, 0.2) is 47.1 Å². The van der Waals surface area contributed by atoms with Crippen molar-refractivity contribution in [1.82, 2.24) is 9.88 Å². The number of esters is 1. The largest absolute Gasteiger partial charge is 0.465 e. The zero-order chi connectivity index (χ0) is 19.8. The molecule has 0 aliphatic heterocycles. The van der Waals surface area contributed by atoms with Crippen LogP contribution in [-0.2, 0) is 14.3 Å². The van der Waals surface area contributed by atoms with Crippen molar-refractivity contribution >= 4 is 45.2 Å². The van der Waals surface area contributed by atoms with Gasteiger partial charge >= 0.3 is 5.97 Å². The summed E-state index contributed by atoms with van der Waals surface area (Å²) in [5, 5.41) is 5.36. The maximum Gasteiger partial charge on any atom is 0.337 e. The summed E-state index contributed by atoms with van der Waals surface area (Å²) < 4.78 is 5.43. The van der Waals surface area contributed by atoms with Crippen LogP contribution in [0.2, 0.25) is 0 Å². The third kappa shape index (κ3) is 6.80. The highest BCUT2D eigenvalue weighted by molar-refractivity contribution is 9.10. The molecule has 0 saturated heterocycles. The molecule has 0 aliphatic rings. The van der Waals surface area contributed by atoms with E-state index in [0.29, 0.717) is 17.1 Å². The molecular weight excluding hydrogens is 416 g/mol. The number of carbonyl (C=O) groups is 3. The van der Waals surface area contributed by atoms with E-state index in [0.717, 1.165) is 4.47 Å². The van der Waals surface area contributed by atoms with Crippen molar-refractivity contribution in [1.29, 1.82) is 0 Å². The third-order valence-corrected chi connectivity index (χ3v) is 3.88. The number of likely N-dealkylation sites (N-methyl/N-ethyl adjacent to an activating group) is 1. The Morgan fingerprint density at radius 2 is 1.67 bits per heavy atom. The van der Waals surface area contributed by atoms with E-state index >= 15 is 0 Å². The number of halogens is 1. The van der Waals surface area contributed by atoms with Gasteiger partial charge in [0.15, 0.2) is 0 Å². The van der Waals surface area contributed by atoms with Crippen LogP contribution in [0, 0.1) is 0 Å². The molecule has 2 rings (SSSR count). The number of hydrogen-bond donors (Lipinski definition) is 2. The van der Waals surface area contributed by atoms with Crippen molar-refractivity contribution in [3.63, 3.8) is 0 Å². The fourth-order valence-corrected chi connectivity index (χ4v) is 2.42. The number of anilines is 2. The topological polar surface area (TPSA) is 101 Å². The van der Waals surface area contributed by atoms with E-state index in [4.69, 9.17) is 0 Å². The van der Waals surface area contributed by atoms with Crippen LogP contribution in [-0.4, -0.2) is 54.9 Å². The number of pyridine rings is 1. The molecule has 0 fully saturated rings. The van der Waals surface area contributed by atoms with E-state index < -0.39 is 5.97 Å². The first-order valence-corrected chi connectivity index (χ1v) is 8.75. The number of rotatable bonds is 7. The second kappa shape index (κ2) is 9.79. The number of nitrogens with one attached hydrogen (secondary N) is 2. The SMILES string of the molecule is COC(=O)c1ccc(NC(=O)CN(C)CC(=O)Nc2ccc(Br)cn2)cc1. The highest BCUT2D eigenvalue weighted by Gasteiger charge is 2.12. The summed E-state index contributed by atoms with van der Waals surface area (Å²) in [6.07, 6.45) is 1.58. The Morgan fingerprint density at radius 1 is 1.04 bits per heavy atom. The Kier molecular flexibility index (Phi) is 7.44. The van der Waals surface area contributed by atoms with Crippen LogP contribution >= 0.6 is 15.9 Å². The maximum absolute atomic E-state index is 12.1. The van der Waals surface area contributed by atoms with Gasteiger partial charge in [-0.3, -0.25) is 14.5 Å². The molecule has 0 saturated carbocycles. The smallest absolute Gasteiger partial charge is 0.337 e. The van der Waals surface area contributed by atoms with E-state index in [2.05, 4.69) is 36.3 Å². The Bertz CT molecular complexity index is 809. The minimum atomic E-state index is -0.445. The molecule has 0 spiro atoms. The third-order valence-electron chi connectivity index (χ3n) is 3.41. The van der Waals surface area contributed by atoms with Gasteiger partial charge in [-0.2, -0.15) is 0 Å². The number of aromatic nitrogens is 1. The first-order chi connectivity index (χ1) is 12.9. The molecule has 0 radical (unpaired) electrons. The summed E-state index contributed by atoms with van der Waals surface area (Å²) in [5.41, 5.74) is 0.940. The van der Waals surface area contributed by atoms with Crippen molar-refractivity contribution in [2.24, 2.45) is 0 Å². The minimum Gasteiger partial charge on any atom is -0.465 e. The lowest BCUT2D eigenvalue weighted by Gasteiger charge is -2.16. The summed E-state index contributed by atoms with van der Waals surface area (Å²) >= 11 is 3.27. The molecule has 1 aromatic carbocycles. The van der Waals surface area contributed by atoms with Crippen LogP contribution in [0.5, 0.6) is 0 Å². The Hall–Kier alpha value is -2.78. The van der Waals surface area contributed by atoms with Crippen LogP contribution in [0.3, 0.4) is 0 Å². The van der Waals surface area contributed by atoms with Crippen molar-refractivity contribution in [2.75, 3.05) is 37.9 Å². The number of benzene rings is 1. The minimum absolute atomic E-state index is 0.0277. The Labute approximate surface area is 165 Å². The highest BCUT2D eigenvalue weighted by Crippen LogP contribution is 2.11. The first kappa shape index (κ1) is 20.5. The molecular formula is C18H19BrN4O4. The van der Waals surface area contributed by atoms with E-state index in [1.165, 1.54) is 7.11 Å². The molecule has 2 amide bonds. The van der Waals surface area contributed by atoms with Gasteiger partial charge in [0, 0.05) is 16.4 Å². The molecule has 0 aliphatic carbocycles. The Morgan fingerprint density at radius 3 is 2.22 bits per heavy atom. The molecule has 2 N–H and O–H groups in total. The van der Waals surface area contributed by atoms with Crippen molar-refractivity contribution in [3.8, 4) is 0 Å². The van der Waals surface area contributed by atoms with Crippen LogP contribution in [0.4, 0.5) is 11.5 Å². The van der Waals surface area contributed by atoms with Gasteiger partial charge in [-0.1, -0.05) is 0 Å². The van der Waals surface area contributed by atoms with Gasteiger partial charge in [0.1, 0.15) is 5.82 Å². The van der Waals surface area contributed by atoms with Gasteiger partial charge in [0.05, 0.1) is 25.8 Å². The van der Waals surface area contributed by atoms with Crippen LogP contribution in [0.1, 0.15) is 10.4 Å². The van der Waals surface area contributed by atoms with Gasteiger partial charge < -0.3 is 15.4 Å². The highest BCUT2D eigenvalue weighted by atomic mass is 79.9. The van der Waals surface area contributed by atoms with Crippen LogP contribution < -0.4 is 10.6 Å². The molecule has 2 aromatic rings. The number of methoxy groups -OCH3 is 1. The van der Waals surface area contributed by atoms with E-state index in [9.17, 15) is 14.4 Å². The second-order valence-corrected chi connectivity index (χ2v) is 6.61. The number of amides is 2. The van der Waals surface area contributed by atoms with Gasteiger partial charge in [-0.15, -0.1) is 0 Å². The Balaban J connectivity index is 1.79. The molecule has 9 heteroatoms. The summed E-state index contributed by atoms with van der Waals surface area (Å²) in [5.74, 6) is -0.564. The van der Waals surface area contributed by atoms with Gasteiger partial charge in [-0.25, -0.2) is 9.78 Å². The number of carbonyl (C=O) groups excluding carboxylic acids is 3. The lowest BCUT2D eigenvalue weighted by molar-refractivity contribution is -0.119. The average molecular weight is 435 g/mol. The zero-order valence-electron chi connectivity index (χ0n) is 14.9. The lowest BCUT2D eigenvalue weighted by atomic mass is 10.2. The van der Waals surface area contributed by atoms with E-state index in [-0.39, 0.29) is 24.9 Å². The summed E-state index contributed by atoms with van der Waals surface area (Å²) in [6.45, 7) is 0.0619. The van der Waals surface area contributed by atoms with Crippen LogP contribution in [0.25, 0.3) is 0 Å². The molecule has 0 unspecified atom stereocenters. The van der Waals surface area contributed by atoms with Crippen molar-refractivity contribution in [3.05, 3.63) is 52.6 Å². The fraction of sp³-hybridized carbons (Fsp3) is 0.222. The zero-order valence-corrected chi connectivity index (χ0v) is 16.4. The van der Waals surface area contributed by atoms with E-state index in [1.54, 1.807) is 54.5 Å². The molecule has 142 valence electrons. The van der Waals surface area contributed by atoms with Gasteiger partial charge in [-0.05, 0) is 59.4 Å². The monoisotopic (exact) mass is 434 g/mol. The average Bonchev–Trinajstić information content (AvgIpc) is 2.63. The number of ether oxygens (including phenoxy) is 1. The number of nitrogens with zero attached hydrogens (tertiary/aromatic N) is 2. The fourth-order valence-electron chi connectivity index (χ4n) is 2.19. The standard InChI is InChI=1S/C18H19BrN4O4/c1-23(11-17(25)22-15-8-5-13(19)9-20-15)10-16(24)21-14-6-3-12(4-7-14)18(26)27-2/h3-9H,10-11H2,1-2H3,(H,21,24)(H,20,22,25). The normalized spacial score (nSPS) is 10.4. The predicted molar refractivity (Wildman–Crippen MR) is 104 cm³/mol. The first-order valence-electron chi connectivity index (χ1n) is 7.95. The molecule has 0 atom stereocenters. The predicted octanol–water partition coefficient (Wildman–Crippen LogP) is 2.14. The molecule has 8 nitrogen and oxygen atoms in total. The second-order valence-electron chi connectivity index (χ2n) is 5.70. The number of hydrogen-bond acceptors (Lipinski definition) is 6. The van der Waals surface area contributed by atoms with E-state index in [1.807, 2.05) is 0 Å². The summed E-state index contributed by atoms with van der Waals surface area (Å²) in [7, 11) is 2.96.